The van der Waals surface area contributed by atoms with Gasteiger partial charge in [-0.15, -0.1) is 0 Å². The summed E-state index contributed by atoms with van der Waals surface area (Å²) in [5, 5.41) is 21.8. The van der Waals surface area contributed by atoms with Gasteiger partial charge >= 0.3 is 0 Å². The molecule has 31 heavy (non-hydrogen) atoms. The van der Waals surface area contributed by atoms with Gasteiger partial charge in [-0.2, -0.15) is 4.99 Å². The minimum Gasteiger partial charge on any atom is -0.380 e. The normalized spacial score (nSPS) is 12.0. The van der Waals surface area contributed by atoms with E-state index in [1.165, 1.54) is 59.9 Å². The first-order valence-electron chi connectivity index (χ1n) is 9.26. The third kappa shape index (κ3) is 5.47. The van der Waals surface area contributed by atoms with Crippen molar-refractivity contribution in [3.8, 4) is 0 Å². The van der Waals surface area contributed by atoms with Gasteiger partial charge in [0.25, 0.3) is 17.3 Å². The maximum atomic E-state index is 12.4. The summed E-state index contributed by atoms with van der Waals surface area (Å²) in [6.07, 6.45) is 2.78. The van der Waals surface area contributed by atoms with E-state index in [2.05, 4.69) is 4.99 Å². The van der Waals surface area contributed by atoms with E-state index in [1.807, 2.05) is 6.92 Å². The number of thiazole rings is 1. The molecule has 1 aromatic heterocycles. The van der Waals surface area contributed by atoms with Gasteiger partial charge < -0.3 is 9.30 Å². The van der Waals surface area contributed by atoms with E-state index in [4.69, 9.17) is 4.74 Å². The second-order valence-corrected chi connectivity index (χ2v) is 7.28. The smallest absolute Gasteiger partial charge is 0.272 e. The number of benzene rings is 2. The summed E-state index contributed by atoms with van der Waals surface area (Å²) in [5.41, 5.74) is 1.26. The summed E-state index contributed by atoms with van der Waals surface area (Å²) in [7, 11) is 0. The fourth-order valence-corrected chi connectivity index (χ4v) is 3.88. The van der Waals surface area contributed by atoms with Crippen LogP contribution in [0.4, 0.5) is 11.4 Å². The van der Waals surface area contributed by atoms with Crippen molar-refractivity contribution < 1.29 is 19.4 Å². The zero-order chi connectivity index (χ0) is 22.4. The minimum atomic E-state index is -0.524. The molecule has 0 aliphatic carbocycles. The molecule has 1 heterocycles. The second kappa shape index (κ2) is 9.87. The second-order valence-electron chi connectivity index (χ2n) is 6.27. The molecule has 0 bridgehead atoms. The lowest BCUT2D eigenvalue weighted by Gasteiger charge is -2.05. The number of carbonyl (C=O) groups is 1. The van der Waals surface area contributed by atoms with Crippen molar-refractivity contribution in [2.24, 2.45) is 4.99 Å². The molecule has 160 valence electrons. The van der Waals surface area contributed by atoms with Gasteiger partial charge in [-0.25, -0.2) is 0 Å². The van der Waals surface area contributed by atoms with Gasteiger partial charge in [0.15, 0.2) is 4.80 Å². The number of amides is 1. The zero-order valence-electron chi connectivity index (χ0n) is 16.5. The standard InChI is InChI=1S/C20H18N4O6S/c1-2-30-12-11-22-17-9-8-16(24(28)29)13-18(17)31-20(22)21-19(25)10-5-14-3-6-15(7-4-14)23(26)27/h3-10,13H,2,11-12H2,1H3. The Kier molecular flexibility index (Phi) is 7.00. The van der Waals surface area contributed by atoms with E-state index in [0.717, 1.165) is 5.52 Å². The van der Waals surface area contributed by atoms with Crippen molar-refractivity contribution in [3.63, 3.8) is 0 Å². The average Bonchev–Trinajstić information content (AvgIpc) is 3.09. The molecular formula is C20H18N4O6S. The van der Waals surface area contributed by atoms with E-state index in [1.54, 1.807) is 10.6 Å². The van der Waals surface area contributed by atoms with E-state index in [-0.39, 0.29) is 11.4 Å². The Bertz CT molecular complexity index is 1230. The number of nitro benzene ring substituents is 2. The lowest BCUT2D eigenvalue weighted by atomic mass is 10.2. The lowest BCUT2D eigenvalue weighted by Crippen LogP contribution is -2.19. The highest BCUT2D eigenvalue weighted by Gasteiger charge is 2.12. The molecule has 0 unspecified atom stereocenters. The van der Waals surface area contributed by atoms with Gasteiger partial charge in [0.2, 0.25) is 0 Å². The number of hydrogen-bond donors (Lipinski definition) is 0. The summed E-state index contributed by atoms with van der Waals surface area (Å²) < 4.78 is 7.82. The predicted octanol–water partition coefficient (Wildman–Crippen LogP) is 3.70. The summed E-state index contributed by atoms with van der Waals surface area (Å²) in [4.78, 5) is 37.7. The molecule has 3 rings (SSSR count). The van der Waals surface area contributed by atoms with Crippen molar-refractivity contribution >= 4 is 44.9 Å². The molecule has 1 amide bonds. The van der Waals surface area contributed by atoms with Crippen LogP contribution < -0.4 is 4.80 Å². The molecule has 0 saturated carbocycles. The van der Waals surface area contributed by atoms with Gasteiger partial charge in [0.05, 0.1) is 26.7 Å². The maximum absolute atomic E-state index is 12.4. The van der Waals surface area contributed by atoms with Crippen LogP contribution in [-0.4, -0.2) is 33.5 Å². The molecule has 0 saturated heterocycles. The molecule has 3 aromatic rings. The molecule has 0 aliphatic heterocycles. The van der Waals surface area contributed by atoms with E-state index >= 15 is 0 Å². The predicted molar refractivity (Wildman–Crippen MR) is 116 cm³/mol. The Morgan fingerprint density at radius 2 is 1.81 bits per heavy atom. The van der Waals surface area contributed by atoms with Crippen molar-refractivity contribution in [1.82, 2.24) is 4.57 Å². The monoisotopic (exact) mass is 442 g/mol. The highest BCUT2D eigenvalue weighted by atomic mass is 32.1. The van der Waals surface area contributed by atoms with Crippen LogP contribution in [0.2, 0.25) is 0 Å². The largest absolute Gasteiger partial charge is 0.380 e. The molecule has 0 N–H and O–H groups in total. The quantitative estimate of drug-likeness (QED) is 0.226. The number of ether oxygens (including phenoxy) is 1. The molecule has 0 aliphatic rings. The SMILES string of the molecule is CCOCCn1c(=NC(=O)C=Cc2ccc([N+](=O)[O-])cc2)sc2cc([N+](=O)[O-])ccc21. The van der Waals surface area contributed by atoms with Gasteiger partial charge in [-0.1, -0.05) is 11.3 Å². The van der Waals surface area contributed by atoms with Crippen LogP contribution in [0.1, 0.15) is 12.5 Å². The van der Waals surface area contributed by atoms with Crippen LogP contribution in [0.15, 0.2) is 53.5 Å². The molecule has 0 spiro atoms. The number of hydrogen-bond acceptors (Lipinski definition) is 7. The Morgan fingerprint density at radius 3 is 2.45 bits per heavy atom. The molecule has 0 fully saturated rings. The van der Waals surface area contributed by atoms with Crippen LogP contribution in [0, 0.1) is 20.2 Å². The molecule has 2 aromatic carbocycles. The number of nitrogens with zero attached hydrogens (tertiary/aromatic N) is 4. The Morgan fingerprint density at radius 1 is 1.13 bits per heavy atom. The van der Waals surface area contributed by atoms with Crippen molar-refractivity contribution in [1.29, 1.82) is 0 Å². The summed E-state index contributed by atoms with van der Waals surface area (Å²) >= 11 is 1.18. The van der Waals surface area contributed by atoms with Crippen LogP contribution in [0.5, 0.6) is 0 Å². The minimum absolute atomic E-state index is 0.0390. The first-order chi connectivity index (χ1) is 14.9. The Labute approximate surface area is 180 Å². The van der Waals surface area contributed by atoms with Gasteiger partial charge in [-0.3, -0.25) is 25.0 Å². The van der Waals surface area contributed by atoms with Gasteiger partial charge in [-0.05, 0) is 36.8 Å². The fraction of sp³-hybridized carbons (Fsp3) is 0.200. The highest BCUT2D eigenvalue weighted by molar-refractivity contribution is 7.16. The first kappa shape index (κ1) is 22.0. The number of rotatable bonds is 8. The van der Waals surface area contributed by atoms with E-state index < -0.39 is 15.8 Å². The highest BCUT2D eigenvalue weighted by Crippen LogP contribution is 2.23. The number of carbonyl (C=O) groups excluding carboxylic acids is 1. The van der Waals surface area contributed by atoms with Gasteiger partial charge in [0, 0.05) is 43.5 Å². The molecule has 10 nitrogen and oxygen atoms in total. The number of nitro groups is 2. The summed E-state index contributed by atoms with van der Waals surface area (Å²) in [6, 6.07) is 10.3. The van der Waals surface area contributed by atoms with Crippen molar-refractivity contribution in [2.75, 3.05) is 13.2 Å². The summed E-state index contributed by atoms with van der Waals surface area (Å²) in [6.45, 7) is 3.25. The number of non-ortho nitro benzene ring substituents is 2. The zero-order valence-corrected chi connectivity index (χ0v) is 17.3. The third-order valence-electron chi connectivity index (χ3n) is 4.27. The van der Waals surface area contributed by atoms with Crippen LogP contribution in [0.3, 0.4) is 0 Å². The van der Waals surface area contributed by atoms with Gasteiger partial charge in [0.1, 0.15) is 0 Å². The average molecular weight is 442 g/mol. The van der Waals surface area contributed by atoms with Crippen molar-refractivity contribution in [3.05, 3.63) is 79.1 Å². The van der Waals surface area contributed by atoms with Crippen molar-refractivity contribution in [2.45, 2.75) is 13.5 Å². The number of fused-ring (bicyclic) bond motifs is 1. The topological polar surface area (TPSA) is 130 Å². The first-order valence-corrected chi connectivity index (χ1v) is 10.1. The molecule has 11 heteroatoms. The molecular weight excluding hydrogens is 424 g/mol. The van der Waals surface area contributed by atoms with E-state index in [9.17, 15) is 25.0 Å². The Hall–Kier alpha value is -3.70. The van der Waals surface area contributed by atoms with Crippen LogP contribution >= 0.6 is 11.3 Å². The van der Waals surface area contributed by atoms with Crippen LogP contribution in [0.25, 0.3) is 16.3 Å². The molecule has 0 radical (unpaired) electrons. The van der Waals surface area contributed by atoms with E-state index in [0.29, 0.717) is 34.8 Å². The Balaban J connectivity index is 1.92. The van der Waals surface area contributed by atoms with Crippen LogP contribution in [-0.2, 0) is 16.1 Å². The summed E-state index contributed by atoms with van der Waals surface area (Å²) in [5.74, 6) is -0.524. The fourth-order valence-electron chi connectivity index (χ4n) is 2.78. The lowest BCUT2D eigenvalue weighted by molar-refractivity contribution is -0.385. The maximum Gasteiger partial charge on any atom is 0.272 e. The number of aromatic nitrogens is 1. The third-order valence-corrected chi connectivity index (χ3v) is 5.31. The molecule has 0 atom stereocenters.